The number of hydrogen-bond donors (Lipinski definition) is 1. The number of pyridine rings is 1. The van der Waals surface area contributed by atoms with Crippen molar-refractivity contribution in [3.63, 3.8) is 0 Å². The van der Waals surface area contributed by atoms with Crippen molar-refractivity contribution in [3.8, 4) is 5.75 Å². The van der Waals surface area contributed by atoms with E-state index in [-0.39, 0.29) is 0 Å². The summed E-state index contributed by atoms with van der Waals surface area (Å²) < 4.78 is 6.03. The summed E-state index contributed by atoms with van der Waals surface area (Å²) in [5.74, 6) is 0.961. The molecule has 17 heavy (non-hydrogen) atoms. The molecule has 3 heteroatoms. The smallest absolute Gasteiger partial charge is 0.142 e. The van der Waals surface area contributed by atoms with Gasteiger partial charge in [-0.3, -0.25) is 4.98 Å². The zero-order valence-corrected chi connectivity index (χ0v) is 10.6. The lowest BCUT2D eigenvalue weighted by atomic mass is 10.2. The Kier molecular flexibility index (Phi) is 4.80. The van der Waals surface area contributed by atoms with Crippen LogP contribution >= 0.6 is 0 Å². The second-order valence-corrected chi connectivity index (χ2v) is 4.68. The van der Waals surface area contributed by atoms with Crippen LogP contribution in [0.4, 0.5) is 0 Å². The van der Waals surface area contributed by atoms with E-state index < -0.39 is 0 Å². The van der Waals surface area contributed by atoms with Gasteiger partial charge in [-0.1, -0.05) is 6.92 Å². The highest BCUT2D eigenvalue weighted by molar-refractivity contribution is 5.29. The lowest BCUT2D eigenvalue weighted by Crippen LogP contribution is -2.17. The molecule has 0 amide bonds. The summed E-state index contributed by atoms with van der Waals surface area (Å²) in [5, 5.41) is 3.41. The molecule has 1 aliphatic rings. The molecule has 3 nitrogen and oxygen atoms in total. The molecule has 1 aromatic heterocycles. The fourth-order valence-corrected chi connectivity index (χ4v) is 2.25. The van der Waals surface area contributed by atoms with Crippen LogP contribution in [0, 0.1) is 0 Å². The second kappa shape index (κ2) is 6.60. The molecule has 0 spiro atoms. The fourth-order valence-electron chi connectivity index (χ4n) is 2.25. The number of nitrogens with one attached hydrogen (secondary N) is 1. The van der Waals surface area contributed by atoms with Crippen LogP contribution in [-0.2, 0) is 6.54 Å². The Morgan fingerprint density at radius 2 is 2.24 bits per heavy atom. The average molecular weight is 234 g/mol. The summed E-state index contributed by atoms with van der Waals surface area (Å²) in [4.78, 5) is 4.16. The predicted octanol–water partition coefficient (Wildman–Crippen LogP) is 2.90. The van der Waals surface area contributed by atoms with Gasteiger partial charge in [0.25, 0.3) is 0 Å². The molecular weight excluding hydrogens is 212 g/mol. The number of aromatic nitrogens is 1. The van der Waals surface area contributed by atoms with E-state index in [1.54, 1.807) is 0 Å². The molecular formula is C14H22N2O. The van der Waals surface area contributed by atoms with Gasteiger partial charge in [0.15, 0.2) is 0 Å². The molecule has 0 radical (unpaired) electrons. The van der Waals surface area contributed by atoms with E-state index in [4.69, 9.17) is 4.74 Å². The molecule has 94 valence electrons. The molecule has 1 heterocycles. The molecule has 0 saturated heterocycles. The first-order valence-electron chi connectivity index (χ1n) is 6.70. The van der Waals surface area contributed by atoms with Crippen molar-refractivity contribution in [1.82, 2.24) is 10.3 Å². The summed E-state index contributed by atoms with van der Waals surface area (Å²) >= 11 is 0. The Bertz CT molecular complexity index is 335. The fraction of sp³-hybridized carbons (Fsp3) is 0.643. The maximum Gasteiger partial charge on any atom is 0.142 e. The maximum absolute atomic E-state index is 6.03. The number of hydrogen-bond acceptors (Lipinski definition) is 3. The molecule has 0 aliphatic heterocycles. The molecule has 0 unspecified atom stereocenters. The summed E-state index contributed by atoms with van der Waals surface area (Å²) in [5.41, 5.74) is 1.22. The van der Waals surface area contributed by atoms with Crippen molar-refractivity contribution in [3.05, 3.63) is 24.0 Å². The highest BCUT2D eigenvalue weighted by Crippen LogP contribution is 2.25. The highest BCUT2D eigenvalue weighted by atomic mass is 16.5. The van der Waals surface area contributed by atoms with Crippen LogP contribution in [0.2, 0.25) is 0 Å². The van der Waals surface area contributed by atoms with Gasteiger partial charge < -0.3 is 10.1 Å². The molecule has 0 atom stereocenters. The third-order valence-electron chi connectivity index (χ3n) is 3.21. The molecule has 0 bridgehead atoms. The van der Waals surface area contributed by atoms with E-state index in [1.165, 1.54) is 31.2 Å². The predicted molar refractivity (Wildman–Crippen MR) is 69.1 cm³/mol. The maximum atomic E-state index is 6.03. The van der Waals surface area contributed by atoms with Crippen molar-refractivity contribution in [2.24, 2.45) is 0 Å². The third-order valence-corrected chi connectivity index (χ3v) is 3.21. The van der Waals surface area contributed by atoms with E-state index in [0.717, 1.165) is 25.3 Å². The lowest BCUT2D eigenvalue weighted by Gasteiger charge is -2.16. The van der Waals surface area contributed by atoms with Gasteiger partial charge in [0, 0.05) is 18.3 Å². The van der Waals surface area contributed by atoms with Crippen LogP contribution in [0.5, 0.6) is 5.75 Å². The highest BCUT2D eigenvalue weighted by Gasteiger charge is 2.17. The van der Waals surface area contributed by atoms with Crippen LogP contribution < -0.4 is 10.1 Å². The summed E-state index contributed by atoms with van der Waals surface area (Å²) in [6, 6.07) is 2.05. The normalized spacial score (nSPS) is 16.3. The Morgan fingerprint density at radius 3 is 3.00 bits per heavy atom. The quantitative estimate of drug-likeness (QED) is 0.768. The van der Waals surface area contributed by atoms with E-state index in [9.17, 15) is 0 Å². The number of rotatable bonds is 6. The summed E-state index contributed by atoms with van der Waals surface area (Å²) in [6.45, 7) is 4.10. The minimum atomic E-state index is 0.407. The van der Waals surface area contributed by atoms with Gasteiger partial charge in [-0.05, 0) is 44.7 Å². The summed E-state index contributed by atoms with van der Waals surface area (Å²) in [6.07, 6.45) is 10.2. The van der Waals surface area contributed by atoms with E-state index >= 15 is 0 Å². The third kappa shape index (κ3) is 3.70. The Hall–Kier alpha value is -1.09. The first-order chi connectivity index (χ1) is 8.40. The first-order valence-corrected chi connectivity index (χ1v) is 6.70. The lowest BCUT2D eigenvalue weighted by molar-refractivity contribution is 0.206. The van der Waals surface area contributed by atoms with Crippen LogP contribution in [0.25, 0.3) is 0 Å². The van der Waals surface area contributed by atoms with Crippen LogP contribution in [-0.4, -0.2) is 17.6 Å². The van der Waals surface area contributed by atoms with E-state index in [1.807, 2.05) is 18.5 Å². The number of nitrogens with zero attached hydrogens (tertiary/aromatic N) is 1. The minimum Gasteiger partial charge on any atom is -0.488 e. The van der Waals surface area contributed by atoms with Crippen LogP contribution in [0.15, 0.2) is 18.5 Å². The minimum absolute atomic E-state index is 0.407. The van der Waals surface area contributed by atoms with E-state index in [2.05, 4.69) is 17.2 Å². The van der Waals surface area contributed by atoms with Gasteiger partial charge in [0.1, 0.15) is 5.75 Å². The molecule has 1 saturated carbocycles. The van der Waals surface area contributed by atoms with E-state index in [0.29, 0.717) is 6.10 Å². The average Bonchev–Trinajstić information content (AvgIpc) is 2.84. The van der Waals surface area contributed by atoms with Gasteiger partial charge in [0.2, 0.25) is 0 Å². The topological polar surface area (TPSA) is 34.2 Å². The van der Waals surface area contributed by atoms with Crippen LogP contribution in [0.3, 0.4) is 0 Å². The van der Waals surface area contributed by atoms with Crippen molar-refractivity contribution in [2.75, 3.05) is 6.54 Å². The molecule has 0 aromatic carbocycles. The standard InChI is InChI=1S/C14H22N2O/c1-2-8-15-10-12-7-9-16-11-14(12)17-13-5-3-4-6-13/h7,9,11,13,15H,2-6,8,10H2,1H3. The number of ether oxygens (including phenoxy) is 1. The molecule has 1 aliphatic carbocycles. The zero-order chi connectivity index (χ0) is 11.9. The van der Waals surface area contributed by atoms with Crippen molar-refractivity contribution < 1.29 is 4.74 Å². The van der Waals surface area contributed by atoms with Crippen LogP contribution in [0.1, 0.15) is 44.6 Å². The Labute approximate surface area is 104 Å². The van der Waals surface area contributed by atoms with Crippen molar-refractivity contribution in [2.45, 2.75) is 51.7 Å². The first kappa shape index (κ1) is 12.4. The van der Waals surface area contributed by atoms with Crippen molar-refractivity contribution in [1.29, 1.82) is 0 Å². The van der Waals surface area contributed by atoms with Gasteiger partial charge in [-0.25, -0.2) is 0 Å². The molecule has 1 aromatic rings. The summed E-state index contributed by atoms with van der Waals surface area (Å²) in [7, 11) is 0. The van der Waals surface area contributed by atoms with Gasteiger partial charge >= 0.3 is 0 Å². The SMILES string of the molecule is CCCNCc1ccncc1OC1CCCC1. The molecule has 1 fully saturated rings. The zero-order valence-electron chi connectivity index (χ0n) is 10.6. The van der Waals surface area contributed by atoms with Gasteiger partial charge in [-0.15, -0.1) is 0 Å². The molecule has 2 rings (SSSR count). The Balaban J connectivity index is 1.94. The molecule has 1 N–H and O–H groups in total. The monoisotopic (exact) mass is 234 g/mol. The van der Waals surface area contributed by atoms with Gasteiger partial charge in [-0.2, -0.15) is 0 Å². The Morgan fingerprint density at radius 1 is 1.41 bits per heavy atom. The second-order valence-electron chi connectivity index (χ2n) is 4.68. The largest absolute Gasteiger partial charge is 0.488 e. The van der Waals surface area contributed by atoms with Gasteiger partial charge in [0.05, 0.1) is 12.3 Å². The van der Waals surface area contributed by atoms with Crippen molar-refractivity contribution >= 4 is 0 Å².